The van der Waals surface area contributed by atoms with Gasteiger partial charge in [0, 0.05) is 17.0 Å². The average molecular weight is 250 g/mol. The highest BCUT2D eigenvalue weighted by Crippen LogP contribution is 2.44. The van der Waals surface area contributed by atoms with Crippen LogP contribution in [-0.4, -0.2) is 10.9 Å². The fourth-order valence-electron chi connectivity index (χ4n) is 2.27. The second kappa shape index (κ2) is 4.09. The molecule has 0 aromatic carbocycles. The lowest BCUT2D eigenvalue weighted by Crippen LogP contribution is -2.31. The number of nitrogens with zero attached hydrogens (tertiary/aromatic N) is 1. The van der Waals surface area contributed by atoms with E-state index in [1.54, 1.807) is 11.3 Å². The summed E-state index contributed by atoms with van der Waals surface area (Å²) in [5, 5.41) is 6.37. The van der Waals surface area contributed by atoms with Crippen molar-refractivity contribution < 1.29 is 4.79 Å². The number of carbonyl (C=O) groups excluding carboxylic acids is 1. The molecule has 1 N–H and O–H groups in total. The zero-order chi connectivity index (χ0) is 12.0. The van der Waals surface area contributed by atoms with Gasteiger partial charge in [0.1, 0.15) is 5.01 Å². The Morgan fingerprint density at radius 1 is 1.59 bits per heavy atom. The molecule has 3 rings (SSSR count). The van der Waals surface area contributed by atoms with Gasteiger partial charge in [0.15, 0.2) is 0 Å². The molecule has 3 nitrogen and oxygen atoms in total. The number of rotatable bonds is 4. The van der Waals surface area contributed by atoms with Crippen molar-refractivity contribution in [3.05, 3.63) is 16.1 Å². The molecule has 3 atom stereocenters. The number of nitrogens with one attached hydrogen (secondary N) is 1. The van der Waals surface area contributed by atoms with Crippen LogP contribution in [0.3, 0.4) is 0 Å². The van der Waals surface area contributed by atoms with E-state index in [2.05, 4.69) is 22.6 Å². The number of hydrogen-bond donors (Lipinski definition) is 1. The van der Waals surface area contributed by atoms with Crippen molar-refractivity contribution in [2.45, 2.75) is 39.2 Å². The van der Waals surface area contributed by atoms with Gasteiger partial charge in [-0.2, -0.15) is 0 Å². The number of amides is 1. The summed E-state index contributed by atoms with van der Waals surface area (Å²) in [7, 11) is 0. The summed E-state index contributed by atoms with van der Waals surface area (Å²) in [6, 6.07) is 0.175. The first-order valence-corrected chi connectivity index (χ1v) is 7.25. The minimum atomic E-state index is 0.175. The van der Waals surface area contributed by atoms with E-state index in [-0.39, 0.29) is 17.9 Å². The lowest BCUT2D eigenvalue weighted by Gasteiger charge is -2.15. The SMILES string of the molecule is Cc1csc(C(NC(=O)C2CC2C)C2CC2)n1. The Kier molecular flexibility index (Phi) is 2.69. The molecule has 1 heterocycles. The zero-order valence-corrected chi connectivity index (χ0v) is 11.1. The molecule has 3 unspecified atom stereocenters. The first-order valence-electron chi connectivity index (χ1n) is 6.37. The van der Waals surface area contributed by atoms with Gasteiger partial charge >= 0.3 is 0 Å². The first kappa shape index (κ1) is 11.2. The van der Waals surface area contributed by atoms with Gasteiger partial charge in [-0.3, -0.25) is 4.79 Å². The number of aromatic nitrogens is 1. The van der Waals surface area contributed by atoms with Gasteiger partial charge in [-0.25, -0.2) is 4.98 Å². The van der Waals surface area contributed by atoms with Crippen LogP contribution >= 0.6 is 11.3 Å². The van der Waals surface area contributed by atoms with Gasteiger partial charge < -0.3 is 5.32 Å². The van der Waals surface area contributed by atoms with Crippen LogP contribution in [0.15, 0.2) is 5.38 Å². The van der Waals surface area contributed by atoms with Gasteiger partial charge in [-0.05, 0) is 38.0 Å². The monoisotopic (exact) mass is 250 g/mol. The molecule has 2 aliphatic rings. The molecule has 4 heteroatoms. The second-order valence-electron chi connectivity index (χ2n) is 5.47. The molecule has 0 aliphatic heterocycles. The molecule has 1 amide bonds. The first-order chi connectivity index (χ1) is 8.15. The second-order valence-corrected chi connectivity index (χ2v) is 6.36. The summed E-state index contributed by atoms with van der Waals surface area (Å²) in [6.45, 7) is 4.15. The van der Waals surface area contributed by atoms with Crippen LogP contribution in [0, 0.1) is 24.7 Å². The van der Waals surface area contributed by atoms with Crippen LogP contribution in [0.25, 0.3) is 0 Å². The van der Waals surface area contributed by atoms with Gasteiger partial charge in [0.2, 0.25) is 5.91 Å². The van der Waals surface area contributed by atoms with Crippen LogP contribution in [0.5, 0.6) is 0 Å². The molecule has 2 fully saturated rings. The number of aryl methyl sites for hydroxylation is 1. The fourth-order valence-corrected chi connectivity index (χ4v) is 3.21. The maximum absolute atomic E-state index is 12.0. The molecule has 2 aliphatic carbocycles. The smallest absolute Gasteiger partial charge is 0.223 e. The van der Waals surface area contributed by atoms with Crippen molar-refractivity contribution in [1.29, 1.82) is 0 Å². The Morgan fingerprint density at radius 2 is 2.29 bits per heavy atom. The maximum atomic E-state index is 12.0. The Balaban J connectivity index is 1.70. The quantitative estimate of drug-likeness (QED) is 0.892. The summed E-state index contributed by atoms with van der Waals surface area (Å²) in [5.74, 6) is 1.70. The molecule has 17 heavy (non-hydrogen) atoms. The van der Waals surface area contributed by atoms with Crippen molar-refractivity contribution in [1.82, 2.24) is 10.3 Å². The Morgan fingerprint density at radius 3 is 2.76 bits per heavy atom. The summed E-state index contributed by atoms with van der Waals surface area (Å²) in [4.78, 5) is 16.5. The van der Waals surface area contributed by atoms with Crippen molar-refractivity contribution in [3.8, 4) is 0 Å². The van der Waals surface area contributed by atoms with Crippen LogP contribution in [0.1, 0.15) is 42.9 Å². The summed E-state index contributed by atoms with van der Waals surface area (Å²) in [6.07, 6.45) is 3.51. The lowest BCUT2D eigenvalue weighted by atomic mass is 10.2. The van der Waals surface area contributed by atoms with E-state index in [9.17, 15) is 4.79 Å². The number of thiazole rings is 1. The third kappa shape index (κ3) is 2.37. The minimum Gasteiger partial charge on any atom is -0.346 e. The predicted octanol–water partition coefficient (Wildman–Crippen LogP) is 2.67. The van der Waals surface area contributed by atoms with Gasteiger partial charge in [-0.1, -0.05) is 6.92 Å². The highest BCUT2D eigenvalue weighted by Gasteiger charge is 2.42. The highest BCUT2D eigenvalue weighted by atomic mass is 32.1. The van der Waals surface area contributed by atoms with Crippen LogP contribution < -0.4 is 5.32 Å². The Hall–Kier alpha value is -0.900. The van der Waals surface area contributed by atoms with E-state index in [0.29, 0.717) is 11.8 Å². The summed E-state index contributed by atoms with van der Waals surface area (Å²) < 4.78 is 0. The number of carbonyl (C=O) groups is 1. The van der Waals surface area contributed by atoms with E-state index in [1.807, 2.05) is 6.92 Å². The molecule has 92 valence electrons. The molecule has 0 spiro atoms. The van der Waals surface area contributed by atoms with Crippen LogP contribution in [0.2, 0.25) is 0 Å². The van der Waals surface area contributed by atoms with Gasteiger partial charge in [0.05, 0.1) is 6.04 Å². The lowest BCUT2D eigenvalue weighted by molar-refractivity contribution is -0.123. The van der Waals surface area contributed by atoms with Gasteiger partial charge in [0.25, 0.3) is 0 Å². The Labute approximate surface area is 106 Å². The van der Waals surface area contributed by atoms with E-state index in [0.717, 1.165) is 17.1 Å². The molecule has 0 radical (unpaired) electrons. The van der Waals surface area contributed by atoms with Crippen molar-refractivity contribution in [2.24, 2.45) is 17.8 Å². The molecular formula is C13H18N2OS. The summed E-state index contributed by atoms with van der Waals surface area (Å²) >= 11 is 1.68. The van der Waals surface area contributed by atoms with Crippen molar-refractivity contribution in [3.63, 3.8) is 0 Å². The summed E-state index contributed by atoms with van der Waals surface area (Å²) in [5.41, 5.74) is 1.06. The maximum Gasteiger partial charge on any atom is 0.223 e. The van der Waals surface area contributed by atoms with Crippen LogP contribution in [0.4, 0.5) is 0 Å². The van der Waals surface area contributed by atoms with Crippen molar-refractivity contribution >= 4 is 17.2 Å². The largest absolute Gasteiger partial charge is 0.346 e. The van der Waals surface area contributed by atoms with E-state index in [1.165, 1.54) is 12.8 Å². The fraction of sp³-hybridized carbons (Fsp3) is 0.692. The molecule has 1 aromatic heterocycles. The molecular weight excluding hydrogens is 232 g/mol. The third-order valence-corrected chi connectivity index (χ3v) is 4.79. The topological polar surface area (TPSA) is 42.0 Å². The van der Waals surface area contributed by atoms with E-state index >= 15 is 0 Å². The van der Waals surface area contributed by atoms with Crippen LogP contribution in [-0.2, 0) is 4.79 Å². The predicted molar refractivity (Wildman–Crippen MR) is 67.7 cm³/mol. The van der Waals surface area contributed by atoms with Crippen molar-refractivity contribution in [2.75, 3.05) is 0 Å². The highest BCUT2D eigenvalue weighted by molar-refractivity contribution is 7.09. The third-order valence-electron chi connectivity index (χ3n) is 3.74. The zero-order valence-electron chi connectivity index (χ0n) is 10.3. The van der Waals surface area contributed by atoms with E-state index in [4.69, 9.17) is 0 Å². The standard InChI is InChI=1S/C13H18N2OS/c1-7-5-10(7)12(16)15-11(9-3-4-9)13-14-8(2)6-17-13/h6-7,9-11H,3-5H2,1-2H3,(H,15,16). The average Bonchev–Trinajstić information content (AvgIpc) is 3.18. The normalized spacial score (nSPS) is 28.8. The Bertz CT molecular complexity index is 438. The molecule has 0 saturated heterocycles. The molecule has 0 bridgehead atoms. The minimum absolute atomic E-state index is 0.175. The van der Waals surface area contributed by atoms with E-state index < -0.39 is 0 Å². The van der Waals surface area contributed by atoms with Gasteiger partial charge in [-0.15, -0.1) is 11.3 Å². The number of hydrogen-bond acceptors (Lipinski definition) is 3. The molecule has 1 aromatic rings. The molecule has 2 saturated carbocycles.